The second-order valence-electron chi connectivity index (χ2n) is 5.37. The summed E-state index contributed by atoms with van der Waals surface area (Å²) in [5.74, 6) is -1.40. The van der Waals surface area contributed by atoms with Crippen LogP contribution in [0, 0.1) is 6.92 Å². The smallest absolute Gasteiger partial charge is 0.337 e. The molecule has 114 valence electrons. The number of carbonyl (C=O) groups excluding carboxylic acids is 1. The van der Waals surface area contributed by atoms with Crippen molar-refractivity contribution >= 4 is 28.3 Å². The van der Waals surface area contributed by atoms with Gasteiger partial charge in [0.05, 0.1) is 11.3 Å². The van der Waals surface area contributed by atoms with Crippen LogP contribution in [-0.2, 0) is 0 Å². The largest absolute Gasteiger partial charge is 0.478 e. The number of nitrogens with one attached hydrogen (secondary N) is 1. The summed E-state index contributed by atoms with van der Waals surface area (Å²) in [4.78, 5) is 23.8. The molecule has 0 aliphatic rings. The van der Waals surface area contributed by atoms with E-state index in [0.717, 1.165) is 16.3 Å². The molecular formula is C19H15NO3. The van der Waals surface area contributed by atoms with Crippen molar-refractivity contribution in [3.8, 4) is 0 Å². The Morgan fingerprint density at radius 3 is 2.13 bits per heavy atom. The number of fused-ring (bicyclic) bond motifs is 1. The minimum Gasteiger partial charge on any atom is -0.478 e. The zero-order valence-corrected chi connectivity index (χ0v) is 12.5. The van der Waals surface area contributed by atoms with Crippen LogP contribution in [0.1, 0.15) is 26.3 Å². The van der Waals surface area contributed by atoms with E-state index in [9.17, 15) is 14.7 Å². The zero-order valence-electron chi connectivity index (χ0n) is 12.5. The lowest BCUT2D eigenvalue weighted by Gasteiger charge is -2.10. The molecule has 1 amide bonds. The molecule has 0 spiro atoms. The number of amides is 1. The maximum absolute atomic E-state index is 12.3. The number of hydrogen-bond donors (Lipinski definition) is 2. The lowest BCUT2D eigenvalue weighted by Crippen LogP contribution is -2.14. The fourth-order valence-corrected chi connectivity index (χ4v) is 2.42. The van der Waals surface area contributed by atoms with Crippen LogP contribution in [0.15, 0.2) is 60.7 Å². The van der Waals surface area contributed by atoms with Crippen LogP contribution in [0.25, 0.3) is 10.8 Å². The highest BCUT2D eigenvalue weighted by molar-refractivity contribution is 6.10. The summed E-state index contributed by atoms with van der Waals surface area (Å²) in [5.41, 5.74) is 1.91. The van der Waals surface area contributed by atoms with Crippen LogP contribution in [0.4, 0.5) is 5.69 Å². The number of aromatic carboxylic acids is 1. The van der Waals surface area contributed by atoms with Crippen molar-refractivity contribution < 1.29 is 14.7 Å². The molecule has 0 aromatic heterocycles. The van der Waals surface area contributed by atoms with Crippen LogP contribution < -0.4 is 5.32 Å². The van der Waals surface area contributed by atoms with E-state index in [1.807, 2.05) is 43.3 Å². The second-order valence-corrected chi connectivity index (χ2v) is 5.37. The summed E-state index contributed by atoms with van der Waals surface area (Å²) >= 11 is 0. The van der Waals surface area contributed by atoms with Gasteiger partial charge < -0.3 is 10.4 Å². The normalized spacial score (nSPS) is 10.5. The fraction of sp³-hybridized carbons (Fsp3) is 0.0526. The summed E-state index contributed by atoms with van der Waals surface area (Å²) in [7, 11) is 0. The predicted molar refractivity (Wildman–Crippen MR) is 90.0 cm³/mol. The number of carboxylic acid groups (broad SMARTS) is 1. The number of anilines is 1. The van der Waals surface area contributed by atoms with Crippen molar-refractivity contribution in [2.75, 3.05) is 5.32 Å². The van der Waals surface area contributed by atoms with Gasteiger partial charge in [0.1, 0.15) is 0 Å². The number of aryl methyl sites for hydroxylation is 1. The lowest BCUT2D eigenvalue weighted by atomic mass is 10.0. The molecule has 0 bridgehead atoms. The molecule has 4 heteroatoms. The number of carboxylic acids is 1. The van der Waals surface area contributed by atoms with Gasteiger partial charge >= 0.3 is 5.97 Å². The van der Waals surface area contributed by atoms with E-state index in [1.54, 1.807) is 24.3 Å². The molecule has 0 saturated heterocycles. The third-order valence-electron chi connectivity index (χ3n) is 3.68. The van der Waals surface area contributed by atoms with Gasteiger partial charge in [-0.15, -0.1) is 0 Å². The average molecular weight is 305 g/mol. The molecule has 2 N–H and O–H groups in total. The van der Waals surface area contributed by atoms with Crippen molar-refractivity contribution in [2.45, 2.75) is 6.92 Å². The van der Waals surface area contributed by atoms with Crippen molar-refractivity contribution in [1.29, 1.82) is 0 Å². The summed E-state index contributed by atoms with van der Waals surface area (Å²) in [6, 6.07) is 17.8. The highest BCUT2D eigenvalue weighted by Crippen LogP contribution is 2.25. The molecule has 3 aromatic rings. The van der Waals surface area contributed by atoms with Crippen LogP contribution in [0.2, 0.25) is 0 Å². The Balaban J connectivity index is 2.01. The lowest BCUT2D eigenvalue weighted by molar-refractivity contribution is 0.0698. The van der Waals surface area contributed by atoms with Crippen LogP contribution in [0.3, 0.4) is 0 Å². The first-order valence-corrected chi connectivity index (χ1v) is 7.19. The van der Waals surface area contributed by atoms with Gasteiger partial charge in [-0.1, -0.05) is 42.0 Å². The van der Waals surface area contributed by atoms with Gasteiger partial charge in [-0.05, 0) is 42.0 Å². The Morgan fingerprint density at radius 1 is 0.913 bits per heavy atom. The maximum Gasteiger partial charge on any atom is 0.337 e. The molecular weight excluding hydrogens is 290 g/mol. The number of rotatable bonds is 3. The maximum atomic E-state index is 12.3. The second kappa shape index (κ2) is 5.93. The minimum atomic E-state index is -1.07. The van der Waals surface area contributed by atoms with Crippen molar-refractivity contribution in [3.63, 3.8) is 0 Å². The van der Waals surface area contributed by atoms with Crippen molar-refractivity contribution in [2.24, 2.45) is 0 Å². The molecule has 3 rings (SSSR count). The Labute approximate surface area is 133 Å². The molecule has 0 fully saturated rings. The molecule has 0 aliphatic heterocycles. The first-order valence-electron chi connectivity index (χ1n) is 7.19. The first-order chi connectivity index (χ1) is 11.0. The third-order valence-corrected chi connectivity index (χ3v) is 3.68. The molecule has 0 aliphatic carbocycles. The number of hydrogen-bond acceptors (Lipinski definition) is 2. The summed E-state index contributed by atoms with van der Waals surface area (Å²) in [6.45, 7) is 1.94. The van der Waals surface area contributed by atoms with Crippen molar-refractivity contribution in [1.82, 2.24) is 0 Å². The molecule has 3 aromatic carbocycles. The van der Waals surface area contributed by atoms with Gasteiger partial charge in [0.15, 0.2) is 0 Å². The Kier molecular flexibility index (Phi) is 3.81. The van der Waals surface area contributed by atoms with E-state index in [4.69, 9.17) is 0 Å². The minimum absolute atomic E-state index is 0.0733. The van der Waals surface area contributed by atoms with E-state index < -0.39 is 5.97 Å². The molecule has 0 saturated carbocycles. The highest BCUT2D eigenvalue weighted by atomic mass is 16.4. The topological polar surface area (TPSA) is 66.4 Å². The molecule has 0 radical (unpaired) electrons. The van der Waals surface area contributed by atoms with Gasteiger partial charge in [-0.25, -0.2) is 4.79 Å². The van der Waals surface area contributed by atoms with Gasteiger partial charge in [-0.2, -0.15) is 0 Å². The van der Waals surface area contributed by atoms with Gasteiger partial charge in [0, 0.05) is 5.56 Å². The molecule has 0 unspecified atom stereocenters. The van der Waals surface area contributed by atoms with Crippen LogP contribution in [0.5, 0.6) is 0 Å². The Morgan fingerprint density at radius 2 is 1.52 bits per heavy atom. The summed E-state index contributed by atoms with van der Waals surface area (Å²) in [5, 5.41) is 13.8. The Hall–Kier alpha value is -3.14. The highest BCUT2D eigenvalue weighted by Gasteiger charge is 2.14. The monoisotopic (exact) mass is 305 g/mol. The predicted octanol–water partition coefficient (Wildman–Crippen LogP) is 4.10. The van der Waals surface area contributed by atoms with Gasteiger partial charge in [0.25, 0.3) is 5.91 Å². The third kappa shape index (κ3) is 3.06. The Bertz CT molecular complexity index is 898. The van der Waals surface area contributed by atoms with E-state index in [2.05, 4.69) is 5.32 Å². The molecule has 0 heterocycles. The standard InChI is InChI=1S/C19H15NO3/c1-12-6-8-13(9-7-12)18(21)20-17-11-15-5-3-2-4-14(15)10-16(17)19(22)23/h2-11H,1H3,(H,20,21)(H,22,23). The molecule has 23 heavy (non-hydrogen) atoms. The van der Waals surface area contributed by atoms with Crippen LogP contribution >= 0.6 is 0 Å². The van der Waals surface area contributed by atoms with Crippen LogP contribution in [-0.4, -0.2) is 17.0 Å². The SMILES string of the molecule is Cc1ccc(C(=O)Nc2cc3ccccc3cc2C(=O)O)cc1. The summed E-state index contributed by atoms with van der Waals surface area (Å²) in [6.07, 6.45) is 0. The van der Waals surface area contributed by atoms with E-state index >= 15 is 0 Å². The zero-order chi connectivity index (χ0) is 16.4. The average Bonchev–Trinajstić information content (AvgIpc) is 2.54. The number of carbonyl (C=O) groups is 2. The first kappa shape index (κ1) is 14.8. The van der Waals surface area contributed by atoms with Crippen molar-refractivity contribution in [3.05, 3.63) is 77.4 Å². The molecule has 0 atom stereocenters. The fourth-order valence-electron chi connectivity index (χ4n) is 2.42. The van der Waals surface area contributed by atoms with Gasteiger partial charge in [0.2, 0.25) is 0 Å². The quantitative estimate of drug-likeness (QED) is 0.765. The molecule has 4 nitrogen and oxygen atoms in total. The van der Waals surface area contributed by atoms with Gasteiger partial charge in [-0.3, -0.25) is 4.79 Å². The van der Waals surface area contributed by atoms with E-state index in [0.29, 0.717) is 11.3 Å². The summed E-state index contributed by atoms with van der Waals surface area (Å²) < 4.78 is 0. The van der Waals surface area contributed by atoms with E-state index in [-0.39, 0.29) is 11.5 Å². The van der Waals surface area contributed by atoms with E-state index in [1.165, 1.54) is 0 Å². The number of benzene rings is 3.